The minimum absolute atomic E-state index is 0.0349. The highest BCUT2D eigenvalue weighted by Gasteiger charge is 2.59. The van der Waals surface area contributed by atoms with Gasteiger partial charge in [-0.05, 0) is 0 Å². The van der Waals surface area contributed by atoms with Crippen molar-refractivity contribution in [1.82, 2.24) is 0 Å². The molecule has 0 saturated carbocycles. The molecular formula is C13H21N4O2+3. The molecule has 0 aromatic heterocycles. The molecule has 1 aromatic carbocycles. The van der Waals surface area contributed by atoms with Gasteiger partial charge < -0.3 is 0 Å². The van der Waals surface area contributed by atoms with E-state index in [0.29, 0.717) is 19.6 Å². The zero-order valence-corrected chi connectivity index (χ0v) is 11.0. The van der Waals surface area contributed by atoms with Gasteiger partial charge in [0, 0.05) is 10.5 Å². The minimum Gasteiger partial charge on any atom is -0.293 e. The first-order valence-corrected chi connectivity index (χ1v) is 6.85. The highest BCUT2D eigenvalue weighted by molar-refractivity contribution is 5.13. The molecule has 0 spiro atoms. The normalized spacial score (nSPS) is 33.9. The standard InChI is InChI=1S/C13H18N4O2/c18-17(19)13-7-14-10-16(9-13)11-15(8-13)6-12-4-2-1-3-5-12/h1-5,14H,6-11H2/p+3/t13-/m0/s1. The molecule has 2 fully saturated rings. The third-order valence-electron chi connectivity index (χ3n) is 4.30. The Labute approximate surface area is 112 Å². The Morgan fingerprint density at radius 3 is 2.84 bits per heavy atom. The second-order valence-corrected chi connectivity index (χ2v) is 5.87. The molecule has 2 unspecified atom stereocenters. The summed E-state index contributed by atoms with van der Waals surface area (Å²) in [6.07, 6.45) is 0. The van der Waals surface area contributed by atoms with Crippen LogP contribution in [0.1, 0.15) is 5.56 Å². The quantitative estimate of drug-likeness (QED) is 0.392. The van der Waals surface area contributed by atoms with E-state index in [-0.39, 0.29) is 4.92 Å². The molecule has 3 atom stereocenters. The zero-order valence-electron chi connectivity index (χ0n) is 11.0. The SMILES string of the molecule is O=[N+]([O-])[C@@]12C[NH2+]C[NH+](C[NH+](Cc3ccccc3)C1)C2. The van der Waals surface area contributed by atoms with E-state index < -0.39 is 5.54 Å². The van der Waals surface area contributed by atoms with Crippen LogP contribution in [0.2, 0.25) is 0 Å². The molecule has 6 nitrogen and oxygen atoms in total. The fourth-order valence-corrected chi connectivity index (χ4v) is 3.52. The lowest BCUT2D eigenvalue weighted by Gasteiger charge is -2.39. The number of fused-ring (bicyclic) bond motifs is 2. The molecule has 19 heavy (non-hydrogen) atoms. The molecule has 6 heteroatoms. The summed E-state index contributed by atoms with van der Waals surface area (Å²) in [5.74, 6) is 0. The minimum atomic E-state index is -0.726. The van der Waals surface area contributed by atoms with E-state index in [4.69, 9.17) is 0 Å². The molecule has 4 N–H and O–H groups in total. The Kier molecular flexibility index (Phi) is 3.22. The maximum atomic E-state index is 11.4. The molecule has 0 aliphatic carbocycles. The number of nitro groups is 1. The number of hydrogen-bond donors (Lipinski definition) is 3. The lowest BCUT2D eigenvalue weighted by atomic mass is 9.94. The van der Waals surface area contributed by atoms with Gasteiger partial charge >= 0.3 is 5.54 Å². The van der Waals surface area contributed by atoms with Crippen molar-refractivity contribution in [1.29, 1.82) is 0 Å². The molecule has 0 amide bonds. The maximum Gasteiger partial charge on any atom is 0.364 e. The van der Waals surface area contributed by atoms with Crippen LogP contribution >= 0.6 is 0 Å². The Hall–Kier alpha value is -1.50. The van der Waals surface area contributed by atoms with Gasteiger partial charge in [-0.1, -0.05) is 30.3 Å². The number of hydrogen-bond acceptors (Lipinski definition) is 2. The first kappa shape index (κ1) is 12.5. The summed E-state index contributed by atoms with van der Waals surface area (Å²) in [6, 6.07) is 10.3. The maximum absolute atomic E-state index is 11.4. The Morgan fingerprint density at radius 2 is 2.11 bits per heavy atom. The van der Waals surface area contributed by atoms with Gasteiger partial charge in [-0.15, -0.1) is 0 Å². The molecule has 2 heterocycles. The van der Waals surface area contributed by atoms with E-state index in [0.717, 1.165) is 19.9 Å². The van der Waals surface area contributed by atoms with E-state index in [9.17, 15) is 10.1 Å². The fraction of sp³-hybridized carbons (Fsp3) is 0.538. The van der Waals surface area contributed by atoms with Crippen LogP contribution in [0.3, 0.4) is 0 Å². The average Bonchev–Trinajstić information content (AvgIpc) is 2.39. The molecule has 1 aromatic rings. The summed E-state index contributed by atoms with van der Waals surface area (Å²) in [4.78, 5) is 14.1. The van der Waals surface area contributed by atoms with Gasteiger partial charge in [-0.3, -0.25) is 20.3 Å². The number of nitrogens with zero attached hydrogens (tertiary/aromatic N) is 1. The van der Waals surface area contributed by atoms with Gasteiger partial charge in [0.1, 0.15) is 6.54 Å². The van der Waals surface area contributed by atoms with Crippen LogP contribution < -0.4 is 15.1 Å². The van der Waals surface area contributed by atoms with Crippen molar-refractivity contribution in [2.24, 2.45) is 0 Å². The van der Waals surface area contributed by atoms with Crippen molar-refractivity contribution in [2.45, 2.75) is 12.1 Å². The molecule has 2 aliphatic rings. The Balaban J connectivity index is 1.75. The molecule has 2 aliphatic heterocycles. The topological polar surface area (TPSA) is 68.6 Å². The number of nitrogens with two attached hydrogens (primary N) is 1. The smallest absolute Gasteiger partial charge is 0.293 e. The zero-order chi connectivity index (χ0) is 13.3. The summed E-state index contributed by atoms with van der Waals surface area (Å²) in [5.41, 5.74) is 0.538. The average molecular weight is 265 g/mol. The lowest BCUT2D eigenvalue weighted by Crippen LogP contribution is -3.42. The van der Waals surface area contributed by atoms with E-state index in [1.165, 1.54) is 15.4 Å². The predicted octanol–water partition coefficient (Wildman–Crippen LogP) is -3.52. The lowest BCUT2D eigenvalue weighted by molar-refractivity contribution is -1.17. The molecule has 0 radical (unpaired) electrons. The summed E-state index contributed by atoms with van der Waals surface area (Å²) in [6.45, 7) is 4.81. The summed E-state index contributed by atoms with van der Waals surface area (Å²) >= 11 is 0. The second-order valence-electron chi connectivity index (χ2n) is 5.87. The summed E-state index contributed by atoms with van der Waals surface area (Å²) in [5, 5.41) is 13.5. The number of benzene rings is 1. The Bertz CT molecular complexity index is 467. The van der Waals surface area contributed by atoms with Gasteiger partial charge in [0.25, 0.3) is 0 Å². The van der Waals surface area contributed by atoms with Gasteiger partial charge in [-0.25, -0.2) is 4.90 Å². The van der Waals surface area contributed by atoms with Gasteiger partial charge in [0.15, 0.2) is 19.6 Å². The van der Waals surface area contributed by atoms with Gasteiger partial charge in [0.05, 0.1) is 0 Å². The summed E-state index contributed by atoms with van der Waals surface area (Å²) < 4.78 is 0. The third-order valence-corrected chi connectivity index (χ3v) is 4.30. The van der Waals surface area contributed by atoms with Crippen LogP contribution in [-0.2, 0) is 6.54 Å². The first-order chi connectivity index (χ1) is 9.18. The van der Waals surface area contributed by atoms with Crippen LogP contribution in [0.4, 0.5) is 0 Å². The van der Waals surface area contributed by atoms with E-state index in [1.807, 2.05) is 18.2 Å². The number of rotatable bonds is 3. The van der Waals surface area contributed by atoms with Crippen molar-refractivity contribution in [2.75, 3.05) is 33.0 Å². The molecule has 2 bridgehead atoms. The van der Waals surface area contributed by atoms with E-state index in [2.05, 4.69) is 17.4 Å². The monoisotopic (exact) mass is 265 g/mol. The van der Waals surface area contributed by atoms with E-state index >= 15 is 0 Å². The molecule has 3 rings (SSSR count). The second kappa shape index (κ2) is 4.88. The van der Waals surface area contributed by atoms with Crippen molar-refractivity contribution in [3.63, 3.8) is 0 Å². The largest absolute Gasteiger partial charge is 0.364 e. The highest BCUT2D eigenvalue weighted by Crippen LogP contribution is 2.05. The highest BCUT2D eigenvalue weighted by atomic mass is 16.6. The number of nitrogens with one attached hydrogen (secondary N) is 2. The Morgan fingerprint density at radius 1 is 1.32 bits per heavy atom. The van der Waals surface area contributed by atoms with Gasteiger partial charge in [-0.2, -0.15) is 0 Å². The molecule has 2 saturated heterocycles. The third kappa shape index (κ3) is 2.47. The molecule has 102 valence electrons. The van der Waals surface area contributed by atoms with Gasteiger partial charge in [0.2, 0.25) is 13.3 Å². The van der Waals surface area contributed by atoms with E-state index in [1.54, 1.807) is 0 Å². The van der Waals surface area contributed by atoms with Crippen LogP contribution in [-0.4, -0.2) is 43.4 Å². The van der Waals surface area contributed by atoms with Crippen molar-refractivity contribution in [3.8, 4) is 0 Å². The molecular weight excluding hydrogens is 244 g/mol. The van der Waals surface area contributed by atoms with Crippen LogP contribution in [0.15, 0.2) is 30.3 Å². The van der Waals surface area contributed by atoms with Crippen molar-refractivity contribution < 1.29 is 20.0 Å². The van der Waals surface area contributed by atoms with Crippen molar-refractivity contribution in [3.05, 3.63) is 46.0 Å². The first-order valence-electron chi connectivity index (χ1n) is 6.85. The number of quaternary nitrogens is 3. The predicted molar refractivity (Wildman–Crippen MR) is 68.1 cm³/mol. The van der Waals surface area contributed by atoms with Crippen LogP contribution in [0.25, 0.3) is 0 Å². The van der Waals surface area contributed by atoms with Crippen molar-refractivity contribution >= 4 is 0 Å². The fourth-order valence-electron chi connectivity index (χ4n) is 3.52. The van der Waals surface area contributed by atoms with Crippen LogP contribution in [0, 0.1) is 10.1 Å². The van der Waals surface area contributed by atoms with Crippen LogP contribution in [0.5, 0.6) is 0 Å². The summed E-state index contributed by atoms with van der Waals surface area (Å²) in [7, 11) is 0.